The molecule has 1 heterocycles. The monoisotopic (exact) mass is 344 g/mol. The van der Waals surface area contributed by atoms with Crippen molar-refractivity contribution in [3.8, 4) is 11.3 Å². The van der Waals surface area contributed by atoms with Crippen LogP contribution in [0.1, 0.15) is 31.7 Å². The average molecular weight is 344 g/mol. The molecule has 2 aromatic rings. The molecule has 0 bridgehead atoms. The molecule has 1 amide bonds. The Morgan fingerprint density at radius 2 is 2.00 bits per heavy atom. The molecule has 5 heteroatoms. The van der Waals surface area contributed by atoms with Crippen LogP contribution in [0.4, 0.5) is 0 Å². The van der Waals surface area contributed by atoms with Gasteiger partial charge in [0, 0.05) is 38.6 Å². The number of benzene rings is 1. The predicted octanol–water partition coefficient (Wildman–Crippen LogP) is 3.71. The summed E-state index contributed by atoms with van der Waals surface area (Å²) in [6, 6.07) is 8.11. The zero-order valence-corrected chi connectivity index (χ0v) is 15.6. The predicted molar refractivity (Wildman–Crippen MR) is 98.3 cm³/mol. The number of hydrogen-bond donors (Lipinski definition) is 0. The Morgan fingerprint density at radius 1 is 1.28 bits per heavy atom. The smallest absolute Gasteiger partial charge is 0.223 e. The van der Waals surface area contributed by atoms with Crippen molar-refractivity contribution in [2.75, 3.05) is 26.8 Å². The van der Waals surface area contributed by atoms with Gasteiger partial charge in [0.25, 0.3) is 0 Å². The molecule has 0 N–H and O–H groups in total. The number of oxazole rings is 1. The lowest BCUT2D eigenvalue weighted by molar-refractivity contribution is -0.132. The zero-order valence-electron chi connectivity index (χ0n) is 15.6. The van der Waals surface area contributed by atoms with Crippen LogP contribution in [0.5, 0.6) is 0 Å². The summed E-state index contributed by atoms with van der Waals surface area (Å²) in [7, 11) is 1.65. The number of rotatable bonds is 9. The fourth-order valence-electron chi connectivity index (χ4n) is 2.61. The maximum absolute atomic E-state index is 12.5. The van der Waals surface area contributed by atoms with Crippen LogP contribution in [0.2, 0.25) is 0 Å². The van der Waals surface area contributed by atoms with Gasteiger partial charge in [0.15, 0.2) is 11.7 Å². The number of carbonyl (C=O) groups excluding carboxylic acids is 1. The number of nitrogens with zero attached hydrogens (tertiary/aromatic N) is 2. The van der Waals surface area contributed by atoms with E-state index in [9.17, 15) is 4.79 Å². The Balaban J connectivity index is 1.93. The van der Waals surface area contributed by atoms with Gasteiger partial charge in [-0.05, 0) is 12.8 Å². The van der Waals surface area contributed by atoms with E-state index in [1.807, 2.05) is 36.1 Å². The standard InChI is InChI=1S/C20H28N2O3/c1-15(2)14-22(11-12-24-4)20(23)10-9-19-21-13-18(25-19)17-7-5-16(3)6-8-17/h5-8,13,15H,9-12,14H2,1-4H3. The summed E-state index contributed by atoms with van der Waals surface area (Å²) in [4.78, 5) is 18.6. The highest BCUT2D eigenvalue weighted by atomic mass is 16.5. The molecule has 1 aromatic carbocycles. The molecule has 2 rings (SSSR count). The summed E-state index contributed by atoms with van der Waals surface area (Å²) in [6.45, 7) is 8.17. The minimum absolute atomic E-state index is 0.112. The normalized spacial score (nSPS) is 11.1. The van der Waals surface area contributed by atoms with E-state index in [2.05, 4.69) is 18.8 Å². The largest absolute Gasteiger partial charge is 0.441 e. The van der Waals surface area contributed by atoms with Crippen LogP contribution in [0, 0.1) is 12.8 Å². The molecular formula is C20H28N2O3. The highest BCUT2D eigenvalue weighted by Crippen LogP contribution is 2.21. The van der Waals surface area contributed by atoms with Gasteiger partial charge in [0.2, 0.25) is 5.91 Å². The lowest BCUT2D eigenvalue weighted by Gasteiger charge is -2.24. The lowest BCUT2D eigenvalue weighted by Crippen LogP contribution is -2.36. The number of methoxy groups -OCH3 is 1. The third kappa shape index (κ3) is 6.02. The van der Waals surface area contributed by atoms with Crippen molar-refractivity contribution in [3.63, 3.8) is 0 Å². The van der Waals surface area contributed by atoms with Gasteiger partial charge in [0.05, 0.1) is 12.8 Å². The first kappa shape index (κ1) is 19.2. The molecule has 0 aliphatic rings. The molecule has 0 spiro atoms. The fraction of sp³-hybridized carbons (Fsp3) is 0.500. The van der Waals surface area contributed by atoms with E-state index >= 15 is 0 Å². The molecule has 25 heavy (non-hydrogen) atoms. The Morgan fingerprint density at radius 3 is 2.64 bits per heavy atom. The summed E-state index contributed by atoms with van der Waals surface area (Å²) < 4.78 is 10.9. The molecule has 0 aliphatic heterocycles. The number of ether oxygens (including phenoxy) is 1. The van der Waals surface area contributed by atoms with E-state index in [0.717, 1.165) is 17.9 Å². The second-order valence-electron chi connectivity index (χ2n) is 6.71. The lowest BCUT2D eigenvalue weighted by atomic mass is 10.1. The van der Waals surface area contributed by atoms with Crippen LogP contribution in [0.25, 0.3) is 11.3 Å². The van der Waals surface area contributed by atoms with Gasteiger partial charge in [-0.25, -0.2) is 4.98 Å². The number of aromatic nitrogens is 1. The highest BCUT2D eigenvalue weighted by molar-refractivity contribution is 5.76. The summed E-state index contributed by atoms with van der Waals surface area (Å²) >= 11 is 0. The molecule has 0 radical (unpaired) electrons. The molecular weight excluding hydrogens is 316 g/mol. The van der Waals surface area contributed by atoms with Crippen LogP contribution in [0.15, 0.2) is 34.9 Å². The van der Waals surface area contributed by atoms with Crippen LogP contribution >= 0.6 is 0 Å². The first-order chi connectivity index (χ1) is 12.0. The molecule has 0 unspecified atom stereocenters. The Kier molecular flexibility index (Phi) is 7.19. The molecule has 0 aliphatic carbocycles. The molecule has 5 nitrogen and oxygen atoms in total. The van der Waals surface area contributed by atoms with Gasteiger partial charge < -0.3 is 14.1 Å². The van der Waals surface area contributed by atoms with Crippen LogP contribution in [0.3, 0.4) is 0 Å². The Labute approximate surface area is 150 Å². The Hall–Kier alpha value is -2.14. The van der Waals surface area contributed by atoms with Crippen molar-refractivity contribution in [2.45, 2.75) is 33.6 Å². The molecule has 0 saturated heterocycles. The fourth-order valence-corrected chi connectivity index (χ4v) is 2.61. The third-order valence-corrected chi connectivity index (χ3v) is 3.95. The van der Waals surface area contributed by atoms with Crippen LogP contribution < -0.4 is 0 Å². The van der Waals surface area contributed by atoms with E-state index in [1.165, 1.54) is 5.56 Å². The van der Waals surface area contributed by atoms with Crippen molar-refractivity contribution < 1.29 is 13.9 Å². The molecule has 1 aromatic heterocycles. The van der Waals surface area contributed by atoms with E-state index in [0.29, 0.717) is 37.8 Å². The average Bonchev–Trinajstić information content (AvgIpc) is 3.05. The summed E-state index contributed by atoms with van der Waals surface area (Å²) in [5.41, 5.74) is 2.20. The SMILES string of the molecule is COCCN(CC(C)C)C(=O)CCc1ncc(-c2ccc(C)cc2)o1. The first-order valence-electron chi connectivity index (χ1n) is 8.78. The van der Waals surface area contributed by atoms with Gasteiger partial charge >= 0.3 is 0 Å². The topological polar surface area (TPSA) is 55.6 Å². The van der Waals surface area contributed by atoms with Crippen molar-refractivity contribution in [3.05, 3.63) is 41.9 Å². The summed E-state index contributed by atoms with van der Waals surface area (Å²) in [5, 5.41) is 0. The molecule has 0 atom stereocenters. The minimum atomic E-state index is 0.112. The zero-order chi connectivity index (χ0) is 18.2. The minimum Gasteiger partial charge on any atom is -0.441 e. The van der Waals surface area contributed by atoms with Gasteiger partial charge in [-0.1, -0.05) is 43.7 Å². The van der Waals surface area contributed by atoms with E-state index < -0.39 is 0 Å². The highest BCUT2D eigenvalue weighted by Gasteiger charge is 2.16. The van der Waals surface area contributed by atoms with E-state index in [-0.39, 0.29) is 5.91 Å². The number of hydrogen-bond acceptors (Lipinski definition) is 4. The van der Waals surface area contributed by atoms with Gasteiger partial charge in [-0.3, -0.25) is 4.79 Å². The maximum Gasteiger partial charge on any atom is 0.223 e. The van der Waals surface area contributed by atoms with E-state index in [1.54, 1.807) is 13.3 Å². The second-order valence-corrected chi connectivity index (χ2v) is 6.71. The quantitative estimate of drug-likeness (QED) is 0.696. The Bertz CT molecular complexity index is 662. The maximum atomic E-state index is 12.5. The number of carbonyl (C=O) groups is 1. The third-order valence-electron chi connectivity index (χ3n) is 3.95. The number of aryl methyl sites for hydroxylation is 2. The molecule has 136 valence electrons. The van der Waals surface area contributed by atoms with Crippen LogP contribution in [-0.4, -0.2) is 42.6 Å². The van der Waals surface area contributed by atoms with Crippen molar-refractivity contribution in [1.29, 1.82) is 0 Å². The van der Waals surface area contributed by atoms with Crippen LogP contribution in [-0.2, 0) is 16.0 Å². The first-order valence-corrected chi connectivity index (χ1v) is 8.78. The van der Waals surface area contributed by atoms with Crippen molar-refractivity contribution in [2.24, 2.45) is 5.92 Å². The number of amides is 1. The molecule has 0 fully saturated rings. The summed E-state index contributed by atoms with van der Waals surface area (Å²) in [6.07, 6.45) is 2.62. The van der Waals surface area contributed by atoms with Gasteiger partial charge in [-0.2, -0.15) is 0 Å². The van der Waals surface area contributed by atoms with Gasteiger partial charge in [0.1, 0.15) is 0 Å². The van der Waals surface area contributed by atoms with Crippen molar-refractivity contribution in [1.82, 2.24) is 9.88 Å². The second kappa shape index (κ2) is 9.37. The molecule has 0 saturated carbocycles. The van der Waals surface area contributed by atoms with Crippen molar-refractivity contribution >= 4 is 5.91 Å². The van der Waals surface area contributed by atoms with Gasteiger partial charge in [-0.15, -0.1) is 0 Å². The van der Waals surface area contributed by atoms with E-state index in [4.69, 9.17) is 9.15 Å². The summed E-state index contributed by atoms with van der Waals surface area (Å²) in [5.74, 6) is 1.87.